The fraction of sp³-hybridized carbons (Fsp3) is 0.235. The van der Waals surface area contributed by atoms with Crippen molar-refractivity contribution in [3.8, 4) is 11.1 Å². The minimum Gasteiger partial charge on any atom is -0.483 e. The average Bonchev–Trinajstić information content (AvgIpc) is 3.20. The summed E-state index contributed by atoms with van der Waals surface area (Å²) in [4.78, 5) is 15.3. The summed E-state index contributed by atoms with van der Waals surface area (Å²) in [7, 11) is 0. The molecule has 9 heteroatoms. The zero-order valence-corrected chi connectivity index (χ0v) is 15.2. The van der Waals surface area contributed by atoms with Crippen molar-refractivity contribution in [2.45, 2.75) is 0 Å². The maximum absolute atomic E-state index is 8.36. The number of aromatic nitrogens is 3. The van der Waals surface area contributed by atoms with Gasteiger partial charge in [0.1, 0.15) is 5.82 Å². The molecule has 4 rings (SSSR count). The van der Waals surface area contributed by atoms with Crippen LogP contribution in [0.3, 0.4) is 0 Å². The predicted octanol–water partition coefficient (Wildman–Crippen LogP) is 3.47. The topological polar surface area (TPSA) is 91.3 Å². The molecule has 136 valence electrons. The molecule has 1 aliphatic heterocycles. The molecule has 0 unspecified atom stereocenters. The number of aromatic amines is 1. The Balaban J connectivity index is 0.000000613. The highest BCUT2D eigenvalue weighted by Gasteiger charge is 2.18. The monoisotopic (exact) mass is 394 g/mol. The second kappa shape index (κ2) is 8.35. The smallest absolute Gasteiger partial charge is 0.290 e. The van der Waals surface area contributed by atoms with Crippen LogP contribution in [0.5, 0.6) is 0 Å². The summed E-state index contributed by atoms with van der Waals surface area (Å²) in [5.41, 5.74) is 2.73. The molecule has 7 nitrogen and oxygen atoms in total. The van der Waals surface area contributed by atoms with Gasteiger partial charge in [0.05, 0.1) is 35.0 Å². The van der Waals surface area contributed by atoms with Gasteiger partial charge in [-0.2, -0.15) is 5.10 Å². The quantitative estimate of drug-likeness (QED) is 0.646. The second-order valence-electron chi connectivity index (χ2n) is 5.48. The number of pyridine rings is 1. The van der Waals surface area contributed by atoms with Crippen molar-refractivity contribution in [2.24, 2.45) is 0 Å². The Morgan fingerprint density at radius 3 is 2.65 bits per heavy atom. The summed E-state index contributed by atoms with van der Waals surface area (Å²) in [6, 6.07) is 5.82. The lowest BCUT2D eigenvalue weighted by molar-refractivity contribution is -0.122. The molecule has 0 radical (unpaired) electrons. The van der Waals surface area contributed by atoms with E-state index < -0.39 is 0 Å². The van der Waals surface area contributed by atoms with E-state index in [1.807, 2.05) is 12.3 Å². The number of anilines is 1. The molecule has 0 atom stereocenters. The highest BCUT2D eigenvalue weighted by molar-refractivity contribution is 6.45. The lowest BCUT2D eigenvalue weighted by atomic mass is 10.0. The Hall–Kier alpha value is -2.35. The van der Waals surface area contributed by atoms with Crippen molar-refractivity contribution in [3.63, 3.8) is 0 Å². The molecule has 2 aromatic heterocycles. The van der Waals surface area contributed by atoms with Gasteiger partial charge in [-0.05, 0) is 17.7 Å². The van der Waals surface area contributed by atoms with Crippen LogP contribution in [0, 0.1) is 0 Å². The highest BCUT2D eigenvalue weighted by atomic mass is 35.5. The van der Waals surface area contributed by atoms with Crippen LogP contribution in [0.25, 0.3) is 22.0 Å². The molecule has 0 saturated carbocycles. The Morgan fingerprint density at radius 2 is 2.00 bits per heavy atom. The number of halogens is 2. The summed E-state index contributed by atoms with van der Waals surface area (Å²) in [6.07, 6.45) is 3.65. The summed E-state index contributed by atoms with van der Waals surface area (Å²) in [5.74, 6) is 0.876. The van der Waals surface area contributed by atoms with Gasteiger partial charge in [0.25, 0.3) is 6.47 Å². The molecule has 26 heavy (non-hydrogen) atoms. The Morgan fingerprint density at radius 1 is 1.27 bits per heavy atom. The van der Waals surface area contributed by atoms with E-state index in [4.69, 9.17) is 42.8 Å². The SMILES string of the molecule is Clc1ccc2c(-c3cn[nH]c3)cc(N3CCOCC3)nc2c1Cl.O=CO. The van der Waals surface area contributed by atoms with E-state index in [0.29, 0.717) is 28.8 Å². The molecule has 1 aliphatic rings. The molecule has 3 heterocycles. The van der Waals surface area contributed by atoms with E-state index in [1.165, 1.54) is 0 Å². The number of carboxylic acid groups (broad SMARTS) is 1. The fourth-order valence-electron chi connectivity index (χ4n) is 2.81. The largest absolute Gasteiger partial charge is 0.483 e. The number of H-pyrrole nitrogens is 1. The van der Waals surface area contributed by atoms with E-state index in [0.717, 1.165) is 35.4 Å². The van der Waals surface area contributed by atoms with Gasteiger partial charge in [0.15, 0.2) is 0 Å². The Bertz CT molecular complexity index is 897. The van der Waals surface area contributed by atoms with Gasteiger partial charge in [-0.25, -0.2) is 4.98 Å². The third-order valence-electron chi connectivity index (χ3n) is 4.00. The first-order chi connectivity index (χ1) is 12.7. The molecule has 1 fully saturated rings. The summed E-state index contributed by atoms with van der Waals surface area (Å²) >= 11 is 12.6. The lowest BCUT2D eigenvalue weighted by Crippen LogP contribution is -2.36. The molecule has 1 saturated heterocycles. The third kappa shape index (κ3) is 3.75. The maximum atomic E-state index is 8.36. The van der Waals surface area contributed by atoms with Crippen molar-refractivity contribution >= 4 is 46.4 Å². The molecule has 0 bridgehead atoms. The van der Waals surface area contributed by atoms with Crippen molar-refractivity contribution in [1.29, 1.82) is 0 Å². The zero-order chi connectivity index (χ0) is 18.5. The summed E-state index contributed by atoms with van der Waals surface area (Å²) in [5, 5.41) is 15.7. The van der Waals surface area contributed by atoms with Gasteiger partial charge >= 0.3 is 0 Å². The zero-order valence-electron chi connectivity index (χ0n) is 13.7. The van der Waals surface area contributed by atoms with Crippen LogP contribution >= 0.6 is 23.2 Å². The molecular weight excluding hydrogens is 379 g/mol. The normalized spacial score (nSPS) is 14.0. The van der Waals surface area contributed by atoms with E-state index in [1.54, 1.807) is 12.3 Å². The average molecular weight is 395 g/mol. The number of nitrogens with zero attached hydrogens (tertiary/aromatic N) is 3. The highest BCUT2D eigenvalue weighted by Crippen LogP contribution is 2.37. The molecule has 0 spiro atoms. The molecule has 0 aliphatic carbocycles. The third-order valence-corrected chi connectivity index (χ3v) is 4.80. The molecule has 3 aromatic rings. The first-order valence-corrected chi connectivity index (χ1v) is 8.59. The van der Waals surface area contributed by atoms with Gasteiger partial charge in [0, 0.05) is 30.2 Å². The molecule has 0 amide bonds. The molecule has 1 aromatic carbocycles. The van der Waals surface area contributed by atoms with Crippen LogP contribution in [0.2, 0.25) is 10.0 Å². The van der Waals surface area contributed by atoms with Crippen LogP contribution in [-0.2, 0) is 9.53 Å². The first-order valence-electron chi connectivity index (χ1n) is 7.84. The van der Waals surface area contributed by atoms with Crippen LogP contribution in [0.1, 0.15) is 0 Å². The van der Waals surface area contributed by atoms with E-state index in [-0.39, 0.29) is 6.47 Å². The number of nitrogens with one attached hydrogen (secondary N) is 1. The van der Waals surface area contributed by atoms with Gasteiger partial charge in [-0.15, -0.1) is 0 Å². The van der Waals surface area contributed by atoms with E-state index in [9.17, 15) is 0 Å². The number of morpholine rings is 1. The number of hydrogen-bond acceptors (Lipinski definition) is 5. The number of benzene rings is 1. The van der Waals surface area contributed by atoms with Crippen molar-refractivity contribution < 1.29 is 14.6 Å². The Labute approximate surface area is 159 Å². The predicted molar refractivity (Wildman–Crippen MR) is 101 cm³/mol. The van der Waals surface area contributed by atoms with Gasteiger partial charge in [0.2, 0.25) is 0 Å². The fourth-order valence-corrected chi connectivity index (χ4v) is 3.17. The van der Waals surface area contributed by atoms with Crippen LogP contribution in [0.15, 0.2) is 30.6 Å². The lowest BCUT2D eigenvalue weighted by Gasteiger charge is -2.28. The van der Waals surface area contributed by atoms with Gasteiger partial charge in [-0.1, -0.05) is 29.3 Å². The van der Waals surface area contributed by atoms with E-state index >= 15 is 0 Å². The first kappa shape index (κ1) is 18.4. The van der Waals surface area contributed by atoms with E-state index in [2.05, 4.69) is 21.2 Å². The number of carbonyl (C=O) groups is 1. The summed E-state index contributed by atoms with van der Waals surface area (Å²) < 4.78 is 5.42. The number of ether oxygens (including phenoxy) is 1. The van der Waals surface area contributed by atoms with Gasteiger partial charge in [-0.3, -0.25) is 9.89 Å². The van der Waals surface area contributed by atoms with Crippen molar-refractivity contribution in [2.75, 3.05) is 31.2 Å². The standard InChI is InChI=1S/C16H14Cl2N4O.CH2O2/c17-13-2-1-11-12(10-8-19-20-9-10)7-14(21-16(11)15(13)18)22-3-5-23-6-4-22;2-1-3/h1-2,7-9H,3-6H2,(H,19,20);1H,(H,2,3). The van der Waals surface area contributed by atoms with Crippen LogP contribution in [-0.4, -0.2) is 53.1 Å². The second-order valence-corrected chi connectivity index (χ2v) is 6.26. The molecular formula is C17H16Cl2N4O3. The number of rotatable bonds is 2. The number of fused-ring (bicyclic) bond motifs is 1. The van der Waals surface area contributed by atoms with Crippen LogP contribution in [0.4, 0.5) is 5.82 Å². The minimum absolute atomic E-state index is 0.250. The van der Waals surface area contributed by atoms with Crippen molar-refractivity contribution in [1.82, 2.24) is 15.2 Å². The van der Waals surface area contributed by atoms with Crippen LogP contribution < -0.4 is 4.90 Å². The minimum atomic E-state index is -0.250. The molecule has 2 N–H and O–H groups in total. The van der Waals surface area contributed by atoms with Crippen molar-refractivity contribution in [3.05, 3.63) is 40.6 Å². The maximum Gasteiger partial charge on any atom is 0.290 e. The number of hydrogen-bond donors (Lipinski definition) is 2. The summed E-state index contributed by atoms with van der Waals surface area (Å²) in [6.45, 7) is 2.76. The Kier molecular flexibility index (Phi) is 5.92. The van der Waals surface area contributed by atoms with Gasteiger partial charge < -0.3 is 14.7 Å².